The number of carbonyl (C=O) groups excluding carboxylic acids is 1. The fourth-order valence-corrected chi connectivity index (χ4v) is 6.25. The molecular weight excluding hydrogens is 396 g/mol. The van der Waals surface area contributed by atoms with Gasteiger partial charge in [-0.3, -0.25) is 4.79 Å². The van der Waals surface area contributed by atoms with Crippen LogP contribution in [-0.2, 0) is 19.0 Å². The van der Waals surface area contributed by atoms with Gasteiger partial charge < -0.3 is 39.7 Å². The van der Waals surface area contributed by atoms with E-state index in [1.54, 1.807) is 0 Å². The van der Waals surface area contributed by atoms with Crippen molar-refractivity contribution < 1.29 is 44.5 Å². The molecule has 2 saturated carbocycles. The van der Waals surface area contributed by atoms with Crippen LogP contribution < -0.4 is 0 Å². The molecule has 0 aromatic carbocycles. The maximum atomic E-state index is 12.2. The van der Waals surface area contributed by atoms with Crippen molar-refractivity contribution in [3.8, 4) is 0 Å². The number of hydrogen-bond donors (Lipinski definition) is 5. The predicted octanol–water partition coefficient (Wildman–Crippen LogP) is -0.832. The maximum Gasteiger partial charge on any atom is 0.309 e. The topological polar surface area (TPSA) is 146 Å². The van der Waals surface area contributed by atoms with Crippen LogP contribution >= 0.6 is 0 Å². The van der Waals surface area contributed by atoms with Crippen LogP contribution in [0.1, 0.15) is 39.5 Å². The van der Waals surface area contributed by atoms with Crippen LogP contribution in [0.15, 0.2) is 0 Å². The number of esters is 1. The van der Waals surface area contributed by atoms with Gasteiger partial charge in [-0.1, -0.05) is 13.8 Å². The summed E-state index contributed by atoms with van der Waals surface area (Å²) in [5.41, 5.74) is -0.396. The summed E-state index contributed by atoms with van der Waals surface area (Å²) < 4.78 is 17.1. The highest BCUT2D eigenvalue weighted by Crippen LogP contribution is 2.58. The fourth-order valence-electron chi connectivity index (χ4n) is 6.25. The second kappa shape index (κ2) is 8.27. The summed E-state index contributed by atoms with van der Waals surface area (Å²) in [5.74, 6) is -0.348. The zero-order chi connectivity index (χ0) is 21.8. The lowest BCUT2D eigenvalue weighted by Crippen LogP contribution is -2.60. The largest absolute Gasteiger partial charge is 0.462 e. The molecule has 0 amide bonds. The van der Waals surface area contributed by atoms with E-state index in [0.29, 0.717) is 12.8 Å². The molecule has 4 aliphatic rings. The van der Waals surface area contributed by atoms with Gasteiger partial charge in [0.1, 0.15) is 30.5 Å². The summed E-state index contributed by atoms with van der Waals surface area (Å²) in [6, 6.07) is 0. The molecule has 9 heteroatoms. The van der Waals surface area contributed by atoms with Gasteiger partial charge >= 0.3 is 5.97 Å². The van der Waals surface area contributed by atoms with Gasteiger partial charge in [-0.25, -0.2) is 0 Å². The Hall–Kier alpha value is -0.810. The number of ether oxygens (including phenoxy) is 3. The van der Waals surface area contributed by atoms with Gasteiger partial charge in [0.2, 0.25) is 0 Å². The van der Waals surface area contributed by atoms with Gasteiger partial charge in [-0.2, -0.15) is 0 Å². The molecule has 0 aromatic heterocycles. The Morgan fingerprint density at radius 1 is 1.10 bits per heavy atom. The zero-order valence-electron chi connectivity index (χ0n) is 17.5. The third kappa shape index (κ3) is 3.48. The van der Waals surface area contributed by atoms with Crippen LogP contribution in [0.3, 0.4) is 0 Å². The van der Waals surface area contributed by atoms with Crippen molar-refractivity contribution >= 4 is 5.97 Å². The normalized spacial score (nSPS) is 53.7. The summed E-state index contributed by atoms with van der Waals surface area (Å²) in [5, 5.41) is 50.3. The van der Waals surface area contributed by atoms with Crippen molar-refractivity contribution in [1.82, 2.24) is 0 Å². The van der Waals surface area contributed by atoms with E-state index in [1.807, 2.05) is 6.92 Å². The van der Waals surface area contributed by atoms with Gasteiger partial charge in [0.15, 0.2) is 6.29 Å². The quantitative estimate of drug-likeness (QED) is 0.361. The third-order valence-corrected chi connectivity index (χ3v) is 8.22. The molecule has 4 rings (SSSR count). The standard InChI is InChI=1S/C21H34O9/c1-9-11-5-6-21(2)13(23)4-3-10(14(21)18(11)30-19(9)27)8-28-20-17(26)16(25)15(24)12(7-22)29-20/h9-18,20,22-26H,3-8H2,1-2H3/t9-,10-,11-,12+,13+,14+,15+,16-,17-,18+,20+,21-/m0/s1. The third-order valence-electron chi connectivity index (χ3n) is 8.22. The summed E-state index contributed by atoms with van der Waals surface area (Å²) in [7, 11) is 0. The molecule has 0 unspecified atom stereocenters. The van der Waals surface area contributed by atoms with Gasteiger partial charge in [0, 0.05) is 17.3 Å². The Morgan fingerprint density at radius 2 is 1.83 bits per heavy atom. The number of carbonyl (C=O) groups is 1. The molecule has 2 saturated heterocycles. The highest BCUT2D eigenvalue weighted by Gasteiger charge is 2.60. The molecule has 2 aliphatic heterocycles. The second-order valence-corrected chi connectivity index (χ2v) is 9.81. The van der Waals surface area contributed by atoms with Crippen LogP contribution in [0, 0.1) is 29.1 Å². The van der Waals surface area contributed by atoms with E-state index in [-0.39, 0.29) is 42.4 Å². The molecule has 4 fully saturated rings. The van der Waals surface area contributed by atoms with Crippen molar-refractivity contribution in [2.75, 3.05) is 13.2 Å². The molecule has 30 heavy (non-hydrogen) atoms. The molecule has 0 radical (unpaired) electrons. The minimum Gasteiger partial charge on any atom is -0.462 e. The van der Waals surface area contributed by atoms with Gasteiger partial charge in [-0.15, -0.1) is 0 Å². The minimum atomic E-state index is -1.49. The van der Waals surface area contributed by atoms with E-state index in [4.69, 9.17) is 14.2 Å². The van der Waals surface area contributed by atoms with Crippen LogP contribution in [0.2, 0.25) is 0 Å². The number of rotatable bonds is 4. The number of aliphatic hydroxyl groups excluding tert-OH is 5. The average molecular weight is 430 g/mol. The smallest absolute Gasteiger partial charge is 0.309 e. The first-order valence-electron chi connectivity index (χ1n) is 11.0. The van der Waals surface area contributed by atoms with Crippen LogP contribution in [0.4, 0.5) is 0 Å². The molecular formula is C21H34O9. The fraction of sp³-hybridized carbons (Fsp3) is 0.952. The van der Waals surface area contributed by atoms with Crippen molar-refractivity contribution in [3.05, 3.63) is 0 Å². The Labute approximate surface area is 175 Å². The molecule has 0 spiro atoms. The molecule has 0 aromatic rings. The van der Waals surface area contributed by atoms with Crippen molar-refractivity contribution in [2.45, 2.75) is 82.4 Å². The summed E-state index contributed by atoms with van der Waals surface area (Å²) in [6.07, 6.45) is -4.43. The van der Waals surface area contributed by atoms with E-state index >= 15 is 0 Å². The number of fused-ring (bicyclic) bond motifs is 3. The number of aliphatic hydroxyl groups is 5. The van der Waals surface area contributed by atoms with E-state index in [9.17, 15) is 30.3 Å². The van der Waals surface area contributed by atoms with Crippen molar-refractivity contribution in [3.63, 3.8) is 0 Å². The predicted molar refractivity (Wildman–Crippen MR) is 102 cm³/mol. The Morgan fingerprint density at radius 3 is 2.53 bits per heavy atom. The first-order valence-corrected chi connectivity index (χ1v) is 11.0. The zero-order valence-corrected chi connectivity index (χ0v) is 17.5. The van der Waals surface area contributed by atoms with E-state index in [2.05, 4.69) is 6.92 Å². The Balaban J connectivity index is 1.50. The molecule has 12 atom stereocenters. The lowest BCUT2D eigenvalue weighted by Gasteiger charge is -2.55. The van der Waals surface area contributed by atoms with E-state index < -0.39 is 48.8 Å². The van der Waals surface area contributed by atoms with Crippen LogP contribution in [0.5, 0.6) is 0 Å². The Kier molecular flexibility index (Phi) is 6.17. The van der Waals surface area contributed by atoms with Gasteiger partial charge in [0.05, 0.1) is 25.2 Å². The van der Waals surface area contributed by atoms with Crippen molar-refractivity contribution in [1.29, 1.82) is 0 Å². The number of hydrogen-bond acceptors (Lipinski definition) is 9. The average Bonchev–Trinajstić information content (AvgIpc) is 3.01. The van der Waals surface area contributed by atoms with Crippen LogP contribution in [-0.4, -0.2) is 87.6 Å². The van der Waals surface area contributed by atoms with E-state index in [1.165, 1.54) is 0 Å². The molecule has 2 heterocycles. The summed E-state index contributed by atoms with van der Waals surface area (Å²) in [6.45, 7) is 3.62. The molecule has 5 N–H and O–H groups in total. The molecule has 0 bridgehead atoms. The Bertz CT molecular complexity index is 642. The monoisotopic (exact) mass is 430 g/mol. The summed E-state index contributed by atoms with van der Waals surface area (Å²) in [4.78, 5) is 12.2. The SMILES string of the molecule is C[C@@H]1C(=O)O[C@@H]2[C@H]1CC[C@]1(C)[C@@H]2[C@H](CO[C@@H]2O[C@H](CO)[C@@H](O)[C@H](O)[C@@H]2O)CC[C@H]1O. The molecule has 2 aliphatic carbocycles. The lowest BCUT2D eigenvalue weighted by atomic mass is 9.52. The summed E-state index contributed by atoms with van der Waals surface area (Å²) >= 11 is 0. The highest BCUT2D eigenvalue weighted by atomic mass is 16.7. The van der Waals surface area contributed by atoms with Crippen LogP contribution in [0.25, 0.3) is 0 Å². The second-order valence-electron chi connectivity index (χ2n) is 9.81. The lowest BCUT2D eigenvalue weighted by molar-refractivity contribution is -0.306. The van der Waals surface area contributed by atoms with Crippen molar-refractivity contribution in [2.24, 2.45) is 29.1 Å². The van der Waals surface area contributed by atoms with Gasteiger partial charge in [-0.05, 0) is 31.6 Å². The highest BCUT2D eigenvalue weighted by molar-refractivity contribution is 5.75. The maximum absolute atomic E-state index is 12.2. The molecule has 172 valence electrons. The molecule has 9 nitrogen and oxygen atoms in total. The first kappa shape index (κ1) is 22.4. The first-order chi connectivity index (χ1) is 14.2. The van der Waals surface area contributed by atoms with Gasteiger partial charge in [0.25, 0.3) is 0 Å². The van der Waals surface area contributed by atoms with E-state index in [0.717, 1.165) is 12.8 Å². The minimum absolute atomic E-state index is 0.0309.